The smallest absolute Gasteiger partial charge is 0.272 e. The highest BCUT2D eigenvalue weighted by Crippen LogP contribution is 2.23. The standard InChI is InChI=1S/C23H18BrN3O5/c1-32-21-9-5-2-6-17(21)22(28)26-20(14-15-10-12-16(13-11-15)27(30)31)23(29)25-19-8-4-3-7-18(19)24/h2-14H,1H3,(H,25,29)(H,26,28)/b20-14-. The van der Waals surface area contributed by atoms with Crippen LogP contribution in [0, 0.1) is 10.1 Å². The molecule has 2 amide bonds. The zero-order chi connectivity index (χ0) is 23.1. The van der Waals surface area contributed by atoms with Gasteiger partial charge in [0.2, 0.25) is 0 Å². The van der Waals surface area contributed by atoms with E-state index in [9.17, 15) is 19.7 Å². The number of nitro benzene ring substituents is 1. The third-order valence-electron chi connectivity index (χ3n) is 4.38. The highest BCUT2D eigenvalue weighted by atomic mass is 79.9. The normalized spacial score (nSPS) is 10.9. The molecule has 162 valence electrons. The number of amides is 2. The first-order chi connectivity index (χ1) is 15.4. The lowest BCUT2D eigenvalue weighted by Gasteiger charge is -2.13. The molecule has 0 unspecified atom stereocenters. The fourth-order valence-corrected chi connectivity index (χ4v) is 3.18. The van der Waals surface area contributed by atoms with Crippen molar-refractivity contribution in [3.05, 3.63) is 104 Å². The van der Waals surface area contributed by atoms with Crippen molar-refractivity contribution in [1.29, 1.82) is 0 Å². The SMILES string of the molecule is COc1ccccc1C(=O)N/C(=C\c1ccc([N+](=O)[O-])cc1)C(=O)Nc1ccccc1Br. The van der Waals surface area contributed by atoms with E-state index in [1.165, 1.54) is 37.5 Å². The molecule has 0 aromatic heterocycles. The molecule has 0 saturated heterocycles. The van der Waals surface area contributed by atoms with Gasteiger partial charge in [-0.25, -0.2) is 0 Å². The van der Waals surface area contributed by atoms with Crippen LogP contribution in [0.15, 0.2) is 83.0 Å². The molecular formula is C23H18BrN3O5. The summed E-state index contributed by atoms with van der Waals surface area (Å²) < 4.78 is 5.89. The number of benzene rings is 3. The summed E-state index contributed by atoms with van der Waals surface area (Å²) >= 11 is 3.37. The predicted octanol–water partition coefficient (Wildman–Crippen LogP) is 4.78. The van der Waals surface area contributed by atoms with Gasteiger partial charge >= 0.3 is 0 Å². The molecule has 0 spiro atoms. The van der Waals surface area contributed by atoms with Gasteiger partial charge in [0.1, 0.15) is 11.4 Å². The van der Waals surface area contributed by atoms with E-state index >= 15 is 0 Å². The minimum Gasteiger partial charge on any atom is -0.496 e. The molecule has 3 rings (SSSR count). The van der Waals surface area contributed by atoms with Gasteiger partial charge < -0.3 is 15.4 Å². The Morgan fingerprint density at radius 2 is 1.66 bits per heavy atom. The van der Waals surface area contributed by atoms with Gasteiger partial charge in [0, 0.05) is 16.6 Å². The number of non-ortho nitro benzene ring substituents is 1. The molecule has 0 atom stereocenters. The van der Waals surface area contributed by atoms with E-state index in [0.29, 0.717) is 21.5 Å². The van der Waals surface area contributed by atoms with Crippen LogP contribution >= 0.6 is 15.9 Å². The van der Waals surface area contributed by atoms with E-state index in [0.717, 1.165) is 0 Å². The van der Waals surface area contributed by atoms with Gasteiger partial charge in [-0.1, -0.05) is 24.3 Å². The maximum Gasteiger partial charge on any atom is 0.272 e. The van der Waals surface area contributed by atoms with E-state index in [4.69, 9.17) is 4.74 Å². The number of methoxy groups -OCH3 is 1. The molecule has 0 heterocycles. The number of anilines is 1. The van der Waals surface area contributed by atoms with Crippen molar-refractivity contribution in [3.8, 4) is 5.75 Å². The number of nitrogens with one attached hydrogen (secondary N) is 2. The zero-order valence-corrected chi connectivity index (χ0v) is 18.5. The molecule has 32 heavy (non-hydrogen) atoms. The topological polar surface area (TPSA) is 111 Å². The van der Waals surface area contributed by atoms with Gasteiger partial charge in [0.15, 0.2) is 0 Å². The summed E-state index contributed by atoms with van der Waals surface area (Å²) in [4.78, 5) is 36.3. The van der Waals surface area contributed by atoms with Crippen LogP contribution in [0.1, 0.15) is 15.9 Å². The summed E-state index contributed by atoms with van der Waals surface area (Å²) in [5, 5.41) is 16.2. The Morgan fingerprint density at radius 3 is 2.31 bits per heavy atom. The molecule has 0 saturated carbocycles. The van der Waals surface area contributed by atoms with Crippen LogP contribution in [0.2, 0.25) is 0 Å². The Labute approximate surface area is 192 Å². The third-order valence-corrected chi connectivity index (χ3v) is 5.07. The minimum atomic E-state index is -0.571. The second-order valence-electron chi connectivity index (χ2n) is 6.50. The first-order valence-corrected chi connectivity index (χ1v) is 10.1. The molecule has 0 radical (unpaired) electrons. The van der Waals surface area contributed by atoms with Gasteiger partial charge in [0.05, 0.1) is 23.3 Å². The number of nitro groups is 1. The summed E-state index contributed by atoms with van der Waals surface area (Å²) in [6.45, 7) is 0. The summed E-state index contributed by atoms with van der Waals surface area (Å²) in [5.41, 5.74) is 1.12. The van der Waals surface area contributed by atoms with E-state index in [1.807, 2.05) is 0 Å². The van der Waals surface area contributed by atoms with Gasteiger partial charge in [-0.15, -0.1) is 0 Å². The first kappa shape index (κ1) is 22.7. The lowest BCUT2D eigenvalue weighted by Crippen LogP contribution is -2.31. The number of ether oxygens (including phenoxy) is 1. The molecular weight excluding hydrogens is 478 g/mol. The molecule has 8 nitrogen and oxygen atoms in total. The molecule has 3 aromatic carbocycles. The highest BCUT2D eigenvalue weighted by molar-refractivity contribution is 9.10. The Kier molecular flexibility index (Phi) is 7.35. The zero-order valence-electron chi connectivity index (χ0n) is 16.9. The number of para-hydroxylation sites is 2. The van der Waals surface area contributed by atoms with E-state index in [1.54, 1.807) is 48.5 Å². The fraction of sp³-hybridized carbons (Fsp3) is 0.0435. The predicted molar refractivity (Wildman–Crippen MR) is 124 cm³/mol. The van der Waals surface area contributed by atoms with Crippen molar-refractivity contribution < 1.29 is 19.2 Å². The van der Waals surface area contributed by atoms with Crippen LogP contribution in [-0.4, -0.2) is 23.8 Å². The van der Waals surface area contributed by atoms with Gasteiger partial charge in [-0.3, -0.25) is 19.7 Å². The van der Waals surface area contributed by atoms with Crippen LogP contribution in [0.25, 0.3) is 6.08 Å². The Bertz CT molecular complexity index is 1190. The molecule has 9 heteroatoms. The number of rotatable bonds is 7. The van der Waals surface area contributed by atoms with Crippen molar-refractivity contribution in [2.45, 2.75) is 0 Å². The number of carbonyl (C=O) groups excluding carboxylic acids is 2. The lowest BCUT2D eigenvalue weighted by molar-refractivity contribution is -0.384. The Hall–Kier alpha value is -3.98. The number of nitrogens with zero attached hydrogens (tertiary/aromatic N) is 1. The molecule has 0 aliphatic carbocycles. The van der Waals surface area contributed by atoms with Crippen molar-refractivity contribution in [1.82, 2.24) is 5.32 Å². The number of hydrogen-bond acceptors (Lipinski definition) is 5. The second-order valence-corrected chi connectivity index (χ2v) is 7.35. The molecule has 0 aliphatic rings. The van der Waals surface area contributed by atoms with Crippen molar-refractivity contribution in [3.63, 3.8) is 0 Å². The van der Waals surface area contributed by atoms with Crippen LogP contribution in [0.5, 0.6) is 5.75 Å². The summed E-state index contributed by atoms with van der Waals surface area (Å²) in [7, 11) is 1.44. The maximum absolute atomic E-state index is 13.0. The third kappa shape index (κ3) is 5.58. The van der Waals surface area contributed by atoms with Crippen LogP contribution < -0.4 is 15.4 Å². The Balaban J connectivity index is 1.94. The molecule has 0 fully saturated rings. The molecule has 0 aliphatic heterocycles. The molecule has 2 N–H and O–H groups in total. The van der Waals surface area contributed by atoms with Crippen molar-refractivity contribution in [2.24, 2.45) is 0 Å². The minimum absolute atomic E-state index is 0.0505. The van der Waals surface area contributed by atoms with E-state index in [-0.39, 0.29) is 16.9 Å². The number of hydrogen-bond donors (Lipinski definition) is 2. The van der Waals surface area contributed by atoms with Crippen LogP contribution in [0.3, 0.4) is 0 Å². The fourth-order valence-electron chi connectivity index (χ4n) is 2.79. The monoisotopic (exact) mass is 495 g/mol. The Morgan fingerprint density at radius 1 is 1.00 bits per heavy atom. The average Bonchev–Trinajstić information content (AvgIpc) is 2.80. The summed E-state index contributed by atoms with van der Waals surface area (Å²) in [6, 6.07) is 19.2. The van der Waals surface area contributed by atoms with E-state index < -0.39 is 16.7 Å². The average molecular weight is 496 g/mol. The van der Waals surface area contributed by atoms with Gasteiger partial charge in [-0.05, 0) is 64.0 Å². The second kappa shape index (κ2) is 10.4. The van der Waals surface area contributed by atoms with Gasteiger partial charge in [0.25, 0.3) is 17.5 Å². The molecule has 0 bridgehead atoms. The number of halogens is 1. The lowest BCUT2D eigenvalue weighted by atomic mass is 10.1. The van der Waals surface area contributed by atoms with Crippen LogP contribution in [-0.2, 0) is 4.79 Å². The molecule has 3 aromatic rings. The quantitative estimate of drug-likeness (QED) is 0.278. The van der Waals surface area contributed by atoms with Crippen molar-refractivity contribution >= 4 is 45.2 Å². The van der Waals surface area contributed by atoms with Crippen molar-refractivity contribution in [2.75, 3.05) is 12.4 Å². The van der Waals surface area contributed by atoms with Crippen LogP contribution in [0.4, 0.5) is 11.4 Å². The highest BCUT2D eigenvalue weighted by Gasteiger charge is 2.18. The largest absolute Gasteiger partial charge is 0.496 e. The maximum atomic E-state index is 13.0. The summed E-state index contributed by atoms with van der Waals surface area (Å²) in [5.74, 6) is -0.762. The van der Waals surface area contributed by atoms with E-state index in [2.05, 4.69) is 26.6 Å². The summed E-state index contributed by atoms with van der Waals surface area (Å²) in [6.07, 6.45) is 1.43. The van der Waals surface area contributed by atoms with Gasteiger partial charge in [-0.2, -0.15) is 0 Å². The first-order valence-electron chi connectivity index (χ1n) is 9.35. The number of carbonyl (C=O) groups is 2.